The van der Waals surface area contributed by atoms with E-state index in [0.717, 1.165) is 5.69 Å². The summed E-state index contributed by atoms with van der Waals surface area (Å²) in [4.78, 5) is 24.1. The van der Waals surface area contributed by atoms with Gasteiger partial charge < -0.3 is 10.6 Å². The van der Waals surface area contributed by atoms with Gasteiger partial charge >= 0.3 is 0 Å². The molecule has 0 atom stereocenters. The Morgan fingerprint density at radius 3 is 2.50 bits per heavy atom. The number of fused-ring (bicyclic) bond motifs is 1. The largest absolute Gasteiger partial charge is 0.326 e. The molecule has 0 saturated carbocycles. The van der Waals surface area contributed by atoms with Crippen LogP contribution >= 0.6 is 0 Å². The van der Waals surface area contributed by atoms with Gasteiger partial charge in [0.05, 0.1) is 11.3 Å². The molecule has 28 heavy (non-hydrogen) atoms. The maximum Gasteiger partial charge on any atom is 0.243 e. The molecule has 2 amide bonds. The fraction of sp³-hybridized carbons (Fsp3) is 0.300. The minimum atomic E-state index is -3.65. The Morgan fingerprint density at radius 2 is 1.79 bits per heavy atom. The van der Waals surface area contributed by atoms with Gasteiger partial charge in [-0.15, -0.1) is 0 Å². The first-order valence-corrected chi connectivity index (χ1v) is 10.7. The topological polar surface area (TPSA) is 95.6 Å². The molecule has 4 rings (SSSR count). The molecule has 0 aliphatic carbocycles. The second-order valence-corrected chi connectivity index (χ2v) is 9.02. The monoisotopic (exact) mass is 399 g/mol. The fourth-order valence-electron chi connectivity index (χ4n) is 3.64. The highest BCUT2D eigenvalue weighted by Crippen LogP contribution is 2.29. The van der Waals surface area contributed by atoms with Gasteiger partial charge in [0.1, 0.15) is 0 Å². The number of nitrogens with zero attached hydrogens (tertiary/aromatic N) is 1. The van der Waals surface area contributed by atoms with Crippen LogP contribution in [-0.2, 0) is 26.0 Å². The molecule has 2 heterocycles. The number of nitrogens with one attached hydrogen (secondary N) is 2. The summed E-state index contributed by atoms with van der Waals surface area (Å²) in [7, 11) is -3.65. The van der Waals surface area contributed by atoms with E-state index >= 15 is 0 Å². The molecule has 0 bridgehead atoms. The Balaban J connectivity index is 1.41. The van der Waals surface area contributed by atoms with Crippen molar-refractivity contribution >= 4 is 33.2 Å². The summed E-state index contributed by atoms with van der Waals surface area (Å²) in [5, 5.41) is 5.59. The van der Waals surface area contributed by atoms with Crippen molar-refractivity contribution in [3.63, 3.8) is 0 Å². The lowest BCUT2D eigenvalue weighted by molar-refractivity contribution is -0.121. The maximum atomic E-state index is 13.0. The van der Waals surface area contributed by atoms with Crippen LogP contribution in [0.4, 0.5) is 11.4 Å². The van der Waals surface area contributed by atoms with E-state index in [1.165, 1.54) is 10.4 Å². The van der Waals surface area contributed by atoms with Crippen LogP contribution in [0.25, 0.3) is 0 Å². The first-order chi connectivity index (χ1) is 13.4. The molecule has 1 saturated heterocycles. The van der Waals surface area contributed by atoms with Gasteiger partial charge in [0, 0.05) is 30.4 Å². The van der Waals surface area contributed by atoms with Crippen LogP contribution < -0.4 is 10.6 Å². The zero-order valence-electron chi connectivity index (χ0n) is 15.2. The van der Waals surface area contributed by atoms with E-state index < -0.39 is 10.0 Å². The van der Waals surface area contributed by atoms with E-state index in [2.05, 4.69) is 10.6 Å². The molecule has 0 spiro atoms. The van der Waals surface area contributed by atoms with E-state index in [0.29, 0.717) is 37.2 Å². The molecule has 2 aromatic carbocycles. The fourth-order valence-corrected chi connectivity index (χ4v) is 5.16. The summed E-state index contributed by atoms with van der Waals surface area (Å²) in [5.74, 6) is -0.423. The number of carbonyl (C=O) groups is 2. The molecule has 8 heteroatoms. The molecule has 1 fully saturated rings. The second-order valence-electron chi connectivity index (χ2n) is 7.08. The number of benzene rings is 2. The third kappa shape index (κ3) is 3.65. The summed E-state index contributed by atoms with van der Waals surface area (Å²) < 4.78 is 27.3. The molecular formula is C20H21N3O4S. The van der Waals surface area contributed by atoms with Crippen molar-refractivity contribution in [3.8, 4) is 0 Å². The Hall–Kier alpha value is -2.71. The number of carbonyl (C=O) groups excluding carboxylic acids is 2. The van der Waals surface area contributed by atoms with Crippen LogP contribution in [0.1, 0.15) is 18.4 Å². The number of piperidine rings is 1. The third-order valence-corrected chi connectivity index (χ3v) is 7.10. The van der Waals surface area contributed by atoms with E-state index in [-0.39, 0.29) is 29.0 Å². The lowest BCUT2D eigenvalue weighted by Crippen LogP contribution is -2.41. The van der Waals surface area contributed by atoms with Crippen molar-refractivity contribution < 1.29 is 18.0 Å². The summed E-state index contributed by atoms with van der Waals surface area (Å²) >= 11 is 0. The summed E-state index contributed by atoms with van der Waals surface area (Å²) in [6.45, 7) is 0.590. The summed E-state index contributed by atoms with van der Waals surface area (Å²) in [5.41, 5.74) is 2.10. The summed E-state index contributed by atoms with van der Waals surface area (Å²) in [6, 6.07) is 14.0. The number of anilines is 2. The van der Waals surface area contributed by atoms with Crippen LogP contribution in [0, 0.1) is 5.92 Å². The van der Waals surface area contributed by atoms with Gasteiger partial charge in [-0.05, 0) is 48.7 Å². The van der Waals surface area contributed by atoms with Gasteiger partial charge in [-0.25, -0.2) is 8.42 Å². The number of hydrogen-bond donors (Lipinski definition) is 2. The van der Waals surface area contributed by atoms with Crippen molar-refractivity contribution in [2.45, 2.75) is 24.2 Å². The van der Waals surface area contributed by atoms with Gasteiger partial charge in [0.25, 0.3) is 0 Å². The number of para-hydroxylation sites is 1. The molecule has 146 valence electrons. The van der Waals surface area contributed by atoms with Crippen molar-refractivity contribution in [1.82, 2.24) is 4.31 Å². The van der Waals surface area contributed by atoms with Gasteiger partial charge in [-0.3, -0.25) is 9.59 Å². The first kappa shape index (κ1) is 18.6. The van der Waals surface area contributed by atoms with Gasteiger partial charge in [0.15, 0.2) is 0 Å². The van der Waals surface area contributed by atoms with Crippen molar-refractivity contribution in [2.75, 3.05) is 23.7 Å². The Morgan fingerprint density at radius 1 is 1.07 bits per heavy atom. The van der Waals surface area contributed by atoms with E-state index in [1.54, 1.807) is 12.1 Å². The maximum absolute atomic E-state index is 13.0. The Kier molecular flexibility index (Phi) is 4.91. The minimum absolute atomic E-state index is 0.0784. The van der Waals surface area contributed by atoms with Gasteiger partial charge in [-0.1, -0.05) is 18.2 Å². The molecule has 0 radical (unpaired) electrons. The zero-order chi connectivity index (χ0) is 19.7. The Labute approximate surface area is 163 Å². The number of sulfonamides is 1. The molecular weight excluding hydrogens is 378 g/mol. The molecule has 2 N–H and O–H groups in total. The van der Waals surface area contributed by atoms with E-state index in [4.69, 9.17) is 0 Å². The average Bonchev–Trinajstić information content (AvgIpc) is 3.08. The van der Waals surface area contributed by atoms with Crippen molar-refractivity contribution in [2.24, 2.45) is 5.92 Å². The lowest BCUT2D eigenvalue weighted by atomic mass is 9.97. The van der Waals surface area contributed by atoms with Crippen molar-refractivity contribution in [3.05, 3.63) is 54.1 Å². The van der Waals surface area contributed by atoms with Crippen LogP contribution in [0.15, 0.2) is 53.4 Å². The molecule has 0 aromatic heterocycles. The molecule has 2 aliphatic heterocycles. The van der Waals surface area contributed by atoms with Crippen LogP contribution in [-0.4, -0.2) is 37.6 Å². The van der Waals surface area contributed by atoms with Crippen molar-refractivity contribution in [1.29, 1.82) is 0 Å². The average molecular weight is 399 g/mol. The molecule has 2 aliphatic rings. The van der Waals surface area contributed by atoms with Gasteiger partial charge in [-0.2, -0.15) is 4.31 Å². The SMILES string of the molecule is O=C1Cc2cc(S(=O)(=O)N3CCC(C(=O)Nc4ccccc4)CC3)ccc2N1. The standard InChI is InChI=1S/C20H21N3O4S/c24-19-13-15-12-17(6-7-18(15)22-19)28(26,27)23-10-8-14(9-11-23)20(25)21-16-4-2-1-3-5-16/h1-7,12,14H,8-11,13H2,(H,21,25)(H,22,24). The smallest absolute Gasteiger partial charge is 0.243 e. The molecule has 0 unspecified atom stereocenters. The van der Waals surface area contributed by atoms with Crippen LogP contribution in [0.2, 0.25) is 0 Å². The highest BCUT2D eigenvalue weighted by Gasteiger charge is 2.33. The number of amides is 2. The van der Waals surface area contributed by atoms with Gasteiger partial charge in [0.2, 0.25) is 21.8 Å². The zero-order valence-corrected chi connectivity index (χ0v) is 16.0. The number of rotatable bonds is 4. The lowest BCUT2D eigenvalue weighted by Gasteiger charge is -2.30. The highest BCUT2D eigenvalue weighted by atomic mass is 32.2. The predicted molar refractivity (Wildman–Crippen MR) is 105 cm³/mol. The predicted octanol–water partition coefficient (Wildman–Crippen LogP) is 2.22. The quantitative estimate of drug-likeness (QED) is 0.824. The normalized spacial score (nSPS) is 17.8. The minimum Gasteiger partial charge on any atom is -0.326 e. The van der Waals surface area contributed by atoms with E-state index in [9.17, 15) is 18.0 Å². The van der Waals surface area contributed by atoms with Crippen LogP contribution in [0.3, 0.4) is 0 Å². The first-order valence-electron chi connectivity index (χ1n) is 9.22. The number of hydrogen-bond acceptors (Lipinski definition) is 4. The molecule has 7 nitrogen and oxygen atoms in total. The van der Waals surface area contributed by atoms with E-state index in [1.807, 2.05) is 30.3 Å². The summed E-state index contributed by atoms with van der Waals surface area (Å²) in [6.07, 6.45) is 1.15. The molecule has 2 aromatic rings. The highest BCUT2D eigenvalue weighted by molar-refractivity contribution is 7.89. The third-order valence-electron chi connectivity index (χ3n) is 5.21. The van der Waals surface area contributed by atoms with Crippen LogP contribution in [0.5, 0.6) is 0 Å². The second kappa shape index (κ2) is 7.37. The Bertz CT molecular complexity index is 1010.